The van der Waals surface area contributed by atoms with E-state index in [0.717, 1.165) is 0 Å². The fourth-order valence-electron chi connectivity index (χ4n) is 1.38. The van der Waals surface area contributed by atoms with Gasteiger partial charge in [-0.1, -0.05) is 0 Å². The lowest BCUT2D eigenvalue weighted by atomic mass is 10.1. The molecule has 0 spiro atoms. The normalized spacial score (nSPS) is 12.1. The minimum Gasteiger partial charge on any atom is -0.481 e. The van der Waals surface area contributed by atoms with Crippen LogP contribution in [0.25, 0.3) is 0 Å². The summed E-state index contributed by atoms with van der Waals surface area (Å²) in [5.74, 6) is -1.29. The minimum absolute atomic E-state index is 0.0385. The highest BCUT2D eigenvalue weighted by Crippen LogP contribution is 2.04. The zero-order valence-corrected chi connectivity index (χ0v) is 10.5. The molecule has 0 radical (unpaired) electrons. The second-order valence-corrected chi connectivity index (χ2v) is 4.16. The Kier molecular flexibility index (Phi) is 10.3. The molecule has 0 heterocycles. The van der Waals surface area contributed by atoms with Gasteiger partial charge < -0.3 is 20.1 Å². The Morgan fingerprint density at radius 1 is 1.06 bits per heavy atom. The van der Waals surface area contributed by atoms with Crippen LogP contribution in [0.5, 0.6) is 0 Å². The van der Waals surface area contributed by atoms with Crippen LogP contribution >= 0.6 is 0 Å². The maximum atomic E-state index is 11.2. The van der Waals surface area contributed by atoms with Crippen molar-refractivity contribution < 1.29 is 29.6 Å². The molecule has 0 fully saturated rings. The van der Waals surface area contributed by atoms with E-state index in [4.69, 9.17) is 14.9 Å². The Hall–Kier alpha value is -1.14. The van der Waals surface area contributed by atoms with Crippen LogP contribution in [0.15, 0.2) is 0 Å². The molecule has 18 heavy (non-hydrogen) atoms. The quantitative estimate of drug-likeness (QED) is 0.374. The van der Waals surface area contributed by atoms with Crippen LogP contribution in [-0.2, 0) is 14.3 Å². The third-order valence-electron chi connectivity index (χ3n) is 2.40. The van der Waals surface area contributed by atoms with Crippen LogP contribution in [-0.4, -0.2) is 46.6 Å². The van der Waals surface area contributed by atoms with E-state index in [1.165, 1.54) is 0 Å². The highest BCUT2D eigenvalue weighted by molar-refractivity contribution is 5.69. The van der Waals surface area contributed by atoms with Crippen molar-refractivity contribution in [2.75, 3.05) is 13.2 Å². The summed E-state index contributed by atoms with van der Waals surface area (Å²) in [6.07, 6.45) is 2.27. The number of carboxylic acid groups (broad SMARTS) is 1. The lowest BCUT2D eigenvalue weighted by molar-refractivity contribution is -0.147. The van der Waals surface area contributed by atoms with E-state index < -0.39 is 18.0 Å². The Balaban J connectivity index is 3.43. The Labute approximate surface area is 107 Å². The molecule has 6 nitrogen and oxygen atoms in total. The lowest BCUT2D eigenvalue weighted by Crippen LogP contribution is -2.18. The zero-order chi connectivity index (χ0) is 13.8. The number of aliphatic hydroxyl groups is 2. The monoisotopic (exact) mass is 262 g/mol. The van der Waals surface area contributed by atoms with E-state index in [2.05, 4.69) is 0 Å². The van der Waals surface area contributed by atoms with Crippen LogP contribution in [0.1, 0.15) is 44.9 Å². The van der Waals surface area contributed by atoms with Crippen molar-refractivity contribution in [1.29, 1.82) is 0 Å². The maximum Gasteiger partial charge on any atom is 0.305 e. The number of carbonyl (C=O) groups excluding carboxylic acids is 1. The maximum absolute atomic E-state index is 11.2. The number of esters is 1. The molecule has 0 aliphatic rings. The first-order valence-corrected chi connectivity index (χ1v) is 6.22. The van der Waals surface area contributed by atoms with Crippen molar-refractivity contribution in [3.8, 4) is 0 Å². The molecule has 0 rings (SSSR count). The van der Waals surface area contributed by atoms with Gasteiger partial charge in [0.15, 0.2) is 0 Å². The smallest absolute Gasteiger partial charge is 0.305 e. The molecular formula is C12H22O6. The molecule has 0 aromatic carbocycles. The van der Waals surface area contributed by atoms with Crippen molar-refractivity contribution in [3.05, 3.63) is 0 Å². The molecular weight excluding hydrogens is 240 g/mol. The summed E-state index contributed by atoms with van der Waals surface area (Å²) in [5.41, 5.74) is 0. The van der Waals surface area contributed by atoms with Crippen molar-refractivity contribution in [3.63, 3.8) is 0 Å². The second kappa shape index (κ2) is 11.0. The van der Waals surface area contributed by atoms with Gasteiger partial charge >= 0.3 is 11.9 Å². The molecule has 106 valence electrons. The second-order valence-electron chi connectivity index (χ2n) is 4.16. The van der Waals surface area contributed by atoms with Gasteiger partial charge in [-0.25, -0.2) is 0 Å². The van der Waals surface area contributed by atoms with Crippen molar-refractivity contribution in [2.45, 2.75) is 51.0 Å². The van der Waals surface area contributed by atoms with E-state index in [9.17, 15) is 14.7 Å². The van der Waals surface area contributed by atoms with Gasteiger partial charge in [0.25, 0.3) is 0 Å². The number of rotatable bonds is 11. The predicted molar refractivity (Wildman–Crippen MR) is 64.0 cm³/mol. The van der Waals surface area contributed by atoms with Crippen LogP contribution in [0.3, 0.4) is 0 Å². The summed E-state index contributed by atoms with van der Waals surface area (Å²) in [5, 5.41) is 26.4. The third kappa shape index (κ3) is 11.3. The number of carbonyl (C=O) groups is 2. The minimum atomic E-state index is -0.873. The molecule has 0 saturated heterocycles. The van der Waals surface area contributed by atoms with Gasteiger partial charge in [0, 0.05) is 19.4 Å². The number of carboxylic acids is 1. The van der Waals surface area contributed by atoms with Crippen LogP contribution in [0, 0.1) is 0 Å². The molecule has 0 aliphatic carbocycles. The van der Waals surface area contributed by atoms with E-state index >= 15 is 0 Å². The summed E-state index contributed by atoms with van der Waals surface area (Å²) in [6.45, 7) is 0.0548. The van der Waals surface area contributed by atoms with E-state index in [-0.39, 0.29) is 26.1 Å². The van der Waals surface area contributed by atoms with Gasteiger partial charge in [0.1, 0.15) is 6.61 Å². The first-order valence-electron chi connectivity index (χ1n) is 6.22. The molecule has 0 saturated carbocycles. The highest BCUT2D eigenvalue weighted by Gasteiger charge is 2.08. The van der Waals surface area contributed by atoms with E-state index in [0.29, 0.717) is 32.1 Å². The van der Waals surface area contributed by atoms with Gasteiger partial charge in [-0.3, -0.25) is 9.59 Å². The average molecular weight is 262 g/mol. The summed E-state index contributed by atoms with van der Waals surface area (Å²) in [4.78, 5) is 21.4. The van der Waals surface area contributed by atoms with Crippen molar-refractivity contribution in [1.82, 2.24) is 0 Å². The topological polar surface area (TPSA) is 104 Å². The number of aliphatic hydroxyl groups excluding tert-OH is 2. The molecule has 1 atom stereocenters. The van der Waals surface area contributed by atoms with E-state index in [1.54, 1.807) is 0 Å². The fourth-order valence-corrected chi connectivity index (χ4v) is 1.38. The summed E-state index contributed by atoms with van der Waals surface area (Å²) < 4.78 is 4.84. The molecule has 0 aliphatic heterocycles. The van der Waals surface area contributed by atoms with Crippen molar-refractivity contribution >= 4 is 11.9 Å². The van der Waals surface area contributed by atoms with Crippen LogP contribution in [0.4, 0.5) is 0 Å². The fraction of sp³-hybridized carbons (Fsp3) is 0.833. The lowest BCUT2D eigenvalue weighted by Gasteiger charge is -2.10. The SMILES string of the molecule is O=C(O)CCCCC(=O)OCC(O)CCCCO. The Morgan fingerprint density at radius 2 is 1.72 bits per heavy atom. The first kappa shape index (κ1) is 16.9. The number of aliphatic carboxylic acids is 1. The predicted octanol–water partition coefficient (Wildman–Crippen LogP) is 0.698. The Morgan fingerprint density at radius 3 is 2.33 bits per heavy atom. The standard InChI is InChI=1S/C12H22O6/c13-8-4-3-5-10(14)9-18-12(17)7-2-1-6-11(15)16/h10,13-14H,1-9H2,(H,15,16). The molecule has 1 unspecified atom stereocenters. The Bertz CT molecular complexity index is 241. The number of hydrogen-bond donors (Lipinski definition) is 3. The van der Waals surface area contributed by atoms with Gasteiger partial charge in [-0.15, -0.1) is 0 Å². The average Bonchev–Trinajstić information content (AvgIpc) is 2.32. The molecule has 0 bridgehead atoms. The summed E-state index contributed by atoms with van der Waals surface area (Å²) in [6, 6.07) is 0. The molecule has 0 aromatic heterocycles. The van der Waals surface area contributed by atoms with E-state index in [1.807, 2.05) is 0 Å². The summed E-state index contributed by atoms with van der Waals surface area (Å²) >= 11 is 0. The largest absolute Gasteiger partial charge is 0.481 e. The molecule has 0 aromatic rings. The van der Waals surface area contributed by atoms with Gasteiger partial charge in [0.2, 0.25) is 0 Å². The molecule has 6 heteroatoms. The van der Waals surface area contributed by atoms with Crippen LogP contribution < -0.4 is 0 Å². The molecule has 0 amide bonds. The zero-order valence-electron chi connectivity index (χ0n) is 10.5. The highest BCUT2D eigenvalue weighted by atomic mass is 16.5. The summed E-state index contributed by atoms with van der Waals surface area (Å²) in [7, 11) is 0. The number of hydrogen-bond acceptors (Lipinski definition) is 5. The molecule has 3 N–H and O–H groups in total. The number of ether oxygens (including phenoxy) is 1. The van der Waals surface area contributed by atoms with Gasteiger partial charge in [0.05, 0.1) is 6.10 Å². The first-order chi connectivity index (χ1) is 8.56. The van der Waals surface area contributed by atoms with Crippen molar-refractivity contribution in [2.24, 2.45) is 0 Å². The van der Waals surface area contributed by atoms with Gasteiger partial charge in [-0.2, -0.15) is 0 Å². The number of unbranched alkanes of at least 4 members (excludes halogenated alkanes) is 2. The van der Waals surface area contributed by atoms with Gasteiger partial charge in [-0.05, 0) is 32.1 Å². The third-order valence-corrected chi connectivity index (χ3v) is 2.40. The van der Waals surface area contributed by atoms with Crippen LogP contribution in [0.2, 0.25) is 0 Å².